The quantitative estimate of drug-likeness (QED) is 0.165. The average molecular weight is 691 g/mol. The van der Waals surface area contributed by atoms with Crippen LogP contribution in [0.15, 0.2) is 182 Å². The highest BCUT2D eigenvalue weighted by atomic mass is 15.0. The zero-order valence-corrected chi connectivity index (χ0v) is 29.0. The molecule has 2 heterocycles. The first-order valence-corrected chi connectivity index (χ1v) is 17.6. The molecule has 0 spiro atoms. The second-order valence-electron chi connectivity index (χ2n) is 12.9. The molecule has 0 N–H and O–H groups in total. The van der Waals surface area contributed by atoms with Crippen LogP contribution in [0.5, 0.6) is 0 Å². The number of aromatic nitrogens is 5. The van der Waals surface area contributed by atoms with E-state index in [0.717, 1.165) is 72.5 Å². The minimum Gasteiger partial charge on any atom is -0.244 e. The maximum Gasteiger partial charge on any atom is 0.164 e. The fourth-order valence-corrected chi connectivity index (χ4v) is 6.56. The van der Waals surface area contributed by atoms with Gasteiger partial charge in [0.1, 0.15) is 0 Å². The molecule has 0 bridgehead atoms. The van der Waals surface area contributed by atoms with Crippen molar-refractivity contribution >= 4 is 11.0 Å². The zero-order chi connectivity index (χ0) is 36.3. The summed E-state index contributed by atoms with van der Waals surface area (Å²) in [5, 5.41) is 9.53. The van der Waals surface area contributed by atoms with E-state index in [1.54, 1.807) is 6.07 Å². The van der Waals surface area contributed by atoms with Crippen LogP contribution in [-0.2, 0) is 0 Å². The molecule has 0 aliphatic carbocycles. The van der Waals surface area contributed by atoms with E-state index < -0.39 is 0 Å². The normalized spacial score (nSPS) is 10.9. The third-order valence-corrected chi connectivity index (χ3v) is 9.39. The Hall–Kier alpha value is -7.62. The number of hydrogen-bond acceptors (Lipinski definition) is 6. The number of benzene rings is 7. The van der Waals surface area contributed by atoms with Gasteiger partial charge in [-0.2, -0.15) is 5.26 Å². The Kier molecular flexibility index (Phi) is 8.48. The molecule has 0 saturated heterocycles. The SMILES string of the molecule is N#Cc1cccc(-c2nc3ccccc3nc2-c2ccc(-c3ccc(-c4ccc(-c5nc(-c6ccccc6)nc(-c6ccccc6)n5)cc4)cc3)cc2)c1. The number of hydrogen-bond donors (Lipinski definition) is 0. The molecule has 0 aliphatic heterocycles. The summed E-state index contributed by atoms with van der Waals surface area (Å²) in [5.41, 5.74) is 12.8. The van der Waals surface area contributed by atoms with Gasteiger partial charge in [-0.15, -0.1) is 0 Å². The van der Waals surface area contributed by atoms with Gasteiger partial charge in [0.15, 0.2) is 17.5 Å². The first kappa shape index (κ1) is 32.3. The van der Waals surface area contributed by atoms with Gasteiger partial charge in [-0.1, -0.05) is 158 Å². The minimum atomic E-state index is 0.584. The second kappa shape index (κ2) is 14.2. The zero-order valence-electron chi connectivity index (χ0n) is 29.0. The lowest BCUT2D eigenvalue weighted by Crippen LogP contribution is -2.00. The highest BCUT2D eigenvalue weighted by Crippen LogP contribution is 2.34. The maximum atomic E-state index is 9.53. The van der Waals surface area contributed by atoms with E-state index in [4.69, 9.17) is 24.9 Å². The van der Waals surface area contributed by atoms with Gasteiger partial charge in [-0.3, -0.25) is 0 Å². The van der Waals surface area contributed by atoms with Crippen molar-refractivity contribution in [3.05, 3.63) is 188 Å². The minimum absolute atomic E-state index is 0.584. The summed E-state index contributed by atoms with van der Waals surface area (Å²) in [7, 11) is 0. The van der Waals surface area contributed by atoms with Gasteiger partial charge in [-0.05, 0) is 46.5 Å². The standard InChI is InChI=1S/C48H30N6/c49-31-32-10-9-15-41(30-32)45-44(50-42-16-7-8-17-43(42)51-45)37-26-22-35(23-27-37)33-18-20-34(21-19-33)36-24-28-40(29-25-36)48-53-46(38-11-3-1-4-12-38)52-47(54-48)39-13-5-2-6-14-39/h1-30H. The van der Waals surface area contributed by atoms with Crippen molar-refractivity contribution in [3.8, 4) is 85.0 Å². The van der Waals surface area contributed by atoms with Crippen LogP contribution in [0.3, 0.4) is 0 Å². The summed E-state index contributed by atoms with van der Waals surface area (Å²) in [5.74, 6) is 1.91. The van der Waals surface area contributed by atoms with E-state index in [0.29, 0.717) is 23.0 Å². The van der Waals surface area contributed by atoms with Crippen LogP contribution in [-0.4, -0.2) is 24.9 Å². The van der Waals surface area contributed by atoms with E-state index >= 15 is 0 Å². The number of nitriles is 1. The number of para-hydroxylation sites is 2. The molecule has 9 rings (SSSR count). The Morgan fingerprint density at radius 1 is 0.296 bits per heavy atom. The van der Waals surface area contributed by atoms with Crippen LogP contribution < -0.4 is 0 Å². The Morgan fingerprint density at radius 3 is 1.09 bits per heavy atom. The molecule has 0 atom stereocenters. The van der Waals surface area contributed by atoms with Crippen molar-refractivity contribution in [2.24, 2.45) is 0 Å². The predicted molar refractivity (Wildman–Crippen MR) is 216 cm³/mol. The van der Waals surface area contributed by atoms with Crippen LogP contribution in [0.4, 0.5) is 0 Å². The average Bonchev–Trinajstić information content (AvgIpc) is 3.26. The van der Waals surface area contributed by atoms with Gasteiger partial charge in [0, 0.05) is 27.8 Å². The number of fused-ring (bicyclic) bond motifs is 1. The number of nitrogens with zero attached hydrogens (tertiary/aromatic N) is 6. The first-order chi connectivity index (χ1) is 26.7. The van der Waals surface area contributed by atoms with Gasteiger partial charge < -0.3 is 0 Å². The molecule has 54 heavy (non-hydrogen) atoms. The van der Waals surface area contributed by atoms with E-state index in [1.165, 1.54) is 0 Å². The van der Waals surface area contributed by atoms with Crippen LogP contribution >= 0.6 is 0 Å². The van der Waals surface area contributed by atoms with Crippen molar-refractivity contribution in [1.29, 1.82) is 5.26 Å². The lowest BCUT2D eigenvalue weighted by atomic mass is 9.97. The van der Waals surface area contributed by atoms with E-state index in [9.17, 15) is 5.26 Å². The van der Waals surface area contributed by atoms with Gasteiger partial charge in [0.2, 0.25) is 0 Å². The first-order valence-electron chi connectivity index (χ1n) is 17.6. The van der Waals surface area contributed by atoms with Crippen molar-refractivity contribution in [2.45, 2.75) is 0 Å². The van der Waals surface area contributed by atoms with Crippen LogP contribution in [0.1, 0.15) is 5.56 Å². The molecular formula is C48H30N6. The topological polar surface area (TPSA) is 88.2 Å². The highest BCUT2D eigenvalue weighted by molar-refractivity contribution is 5.87. The Bertz CT molecular complexity index is 2730. The molecule has 6 heteroatoms. The third-order valence-electron chi connectivity index (χ3n) is 9.39. The summed E-state index contributed by atoms with van der Waals surface area (Å²) in [6.07, 6.45) is 0. The van der Waals surface area contributed by atoms with Crippen molar-refractivity contribution in [3.63, 3.8) is 0 Å². The lowest BCUT2D eigenvalue weighted by molar-refractivity contribution is 1.07. The lowest BCUT2D eigenvalue weighted by Gasteiger charge is -2.12. The van der Waals surface area contributed by atoms with E-state index in [-0.39, 0.29) is 0 Å². The van der Waals surface area contributed by atoms with Crippen LogP contribution in [0.2, 0.25) is 0 Å². The molecule has 0 fully saturated rings. The summed E-state index contributed by atoms with van der Waals surface area (Å²) in [6.45, 7) is 0. The van der Waals surface area contributed by atoms with Gasteiger partial charge >= 0.3 is 0 Å². The molecule has 0 aliphatic rings. The van der Waals surface area contributed by atoms with E-state index in [2.05, 4.69) is 78.9 Å². The molecule has 0 unspecified atom stereocenters. The summed E-state index contributed by atoms with van der Waals surface area (Å²) < 4.78 is 0. The fraction of sp³-hybridized carbons (Fsp3) is 0. The molecule has 6 nitrogen and oxygen atoms in total. The Labute approximate surface area is 312 Å². The van der Waals surface area contributed by atoms with Crippen molar-refractivity contribution in [2.75, 3.05) is 0 Å². The fourth-order valence-electron chi connectivity index (χ4n) is 6.56. The largest absolute Gasteiger partial charge is 0.244 e. The van der Waals surface area contributed by atoms with E-state index in [1.807, 2.05) is 103 Å². The molecule has 0 saturated carbocycles. The monoisotopic (exact) mass is 690 g/mol. The molecule has 0 amide bonds. The van der Waals surface area contributed by atoms with Crippen LogP contribution in [0, 0.1) is 11.3 Å². The highest BCUT2D eigenvalue weighted by Gasteiger charge is 2.15. The Morgan fingerprint density at radius 2 is 0.648 bits per heavy atom. The van der Waals surface area contributed by atoms with Crippen LogP contribution in [0.25, 0.3) is 90.0 Å². The van der Waals surface area contributed by atoms with Crippen molar-refractivity contribution < 1.29 is 0 Å². The molecule has 252 valence electrons. The maximum absolute atomic E-state index is 9.53. The predicted octanol–water partition coefficient (Wildman–Crippen LogP) is 11.4. The molecule has 7 aromatic carbocycles. The van der Waals surface area contributed by atoms with Gasteiger partial charge in [-0.25, -0.2) is 24.9 Å². The molecule has 9 aromatic rings. The molecule has 0 radical (unpaired) electrons. The van der Waals surface area contributed by atoms with Crippen molar-refractivity contribution in [1.82, 2.24) is 24.9 Å². The Balaban J connectivity index is 0.986. The third kappa shape index (κ3) is 6.50. The smallest absolute Gasteiger partial charge is 0.164 e. The molecule has 2 aromatic heterocycles. The molecular weight excluding hydrogens is 661 g/mol. The van der Waals surface area contributed by atoms with Gasteiger partial charge in [0.25, 0.3) is 0 Å². The number of rotatable bonds is 7. The summed E-state index contributed by atoms with van der Waals surface area (Å²) >= 11 is 0. The second-order valence-corrected chi connectivity index (χ2v) is 12.9. The summed E-state index contributed by atoms with van der Waals surface area (Å²) in [4.78, 5) is 24.6. The van der Waals surface area contributed by atoms with Gasteiger partial charge in [0.05, 0.1) is 34.1 Å². The summed E-state index contributed by atoms with van der Waals surface area (Å²) in [6, 6.07) is 63.0.